The summed E-state index contributed by atoms with van der Waals surface area (Å²) in [7, 11) is 0. The molecule has 1 aromatic heterocycles. The van der Waals surface area contributed by atoms with E-state index in [0.717, 1.165) is 11.6 Å². The van der Waals surface area contributed by atoms with Crippen molar-refractivity contribution in [3.05, 3.63) is 59.8 Å². The number of nitrogens with two attached hydrogens (primary N) is 1. The number of halogens is 3. The van der Waals surface area contributed by atoms with Crippen LogP contribution in [0.2, 0.25) is 0 Å². The van der Waals surface area contributed by atoms with Gasteiger partial charge in [-0.1, -0.05) is 30.3 Å². The lowest BCUT2D eigenvalue weighted by Gasteiger charge is -2.20. The smallest absolute Gasteiger partial charge is 0.361 e. The van der Waals surface area contributed by atoms with Crippen LogP contribution >= 0.6 is 0 Å². The van der Waals surface area contributed by atoms with Crippen molar-refractivity contribution in [3.8, 4) is 0 Å². The van der Waals surface area contributed by atoms with Crippen molar-refractivity contribution in [2.45, 2.75) is 12.2 Å². The Morgan fingerprint density at radius 2 is 1.80 bits per heavy atom. The number of hydrogen-bond donors (Lipinski definition) is 2. The van der Waals surface area contributed by atoms with Gasteiger partial charge in [0, 0.05) is 12.7 Å². The molecule has 0 aliphatic heterocycles. The highest BCUT2D eigenvalue weighted by Crippen LogP contribution is 2.34. The van der Waals surface area contributed by atoms with Crippen LogP contribution in [0.25, 0.3) is 0 Å². The fourth-order valence-electron chi connectivity index (χ4n) is 1.88. The van der Waals surface area contributed by atoms with Crippen molar-refractivity contribution in [1.82, 2.24) is 4.98 Å². The highest BCUT2D eigenvalue weighted by Gasteiger charge is 2.34. The zero-order valence-corrected chi connectivity index (χ0v) is 10.6. The van der Waals surface area contributed by atoms with Gasteiger partial charge in [0.05, 0.1) is 11.6 Å². The molecular weight excluding hydrogens is 267 g/mol. The number of aromatic nitrogens is 1. The topological polar surface area (TPSA) is 50.9 Å². The molecule has 3 nitrogen and oxygen atoms in total. The molecule has 0 amide bonds. The van der Waals surface area contributed by atoms with E-state index in [4.69, 9.17) is 5.73 Å². The Labute approximate surface area is 114 Å². The number of nitrogens with zero attached hydrogens (tertiary/aromatic N) is 1. The SMILES string of the molecule is NCC(Nc1ncccc1C(F)(F)F)c1ccccc1. The van der Waals surface area contributed by atoms with Crippen molar-refractivity contribution < 1.29 is 13.2 Å². The van der Waals surface area contributed by atoms with E-state index in [1.54, 1.807) is 12.1 Å². The summed E-state index contributed by atoms with van der Waals surface area (Å²) in [6.07, 6.45) is -3.14. The van der Waals surface area contributed by atoms with Gasteiger partial charge in [0.15, 0.2) is 0 Å². The maximum absolute atomic E-state index is 12.9. The van der Waals surface area contributed by atoms with E-state index in [9.17, 15) is 13.2 Å². The van der Waals surface area contributed by atoms with Crippen LogP contribution in [-0.4, -0.2) is 11.5 Å². The number of hydrogen-bond acceptors (Lipinski definition) is 3. The fraction of sp³-hybridized carbons (Fsp3) is 0.214. The second-order valence-corrected chi connectivity index (χ2v) is 4.24. The maximum atomic E-state index is 12.9. The molecule has 1 atom stereocenters. The summed E-state index contributed by atoms with van der Waals surface area (Å²) in [6, 6.07) is 10.9. The van der Waals surface area contributed by atoms with Crippen LogP contribution < -0.4 is 11.1 Å². The molecule has 0 fully saturated rings. The van der Waals surface area contributed by atoms with Gasteiger partial charge in [-0.15, -0.1) is 0 Å². The van der Waals surface area contributed by atoms with Crippen LogP contribution in [-0.2, 0) is 6.18 Å². The lowest BCUT2D eigenvalue weighted by Crippen LogP contribution is -2.23. The molecular formula is C14H14F3N3. The van der Waals surface area contributed by atoms with Gasteiger partial charge in [0.2, 0.25) is 0 Å². The summed E-state index contributed by atoms with van der Waals surface area (Å²) in [5.74, 6) is -0.209. The largest absolute Gasteiger partial charge is 0.419 e. The van der Waals surface area contributed by atoms with Crippen LogP contribution in [0.15, 0.2) is 48.7 Å². The molecule has 0 aliphatic rings. The molecule has 0 radical (unpaired) electrons. The molecule has 3 N–H and O–H groups in total. The quantitative estimate of drug-likeness (QED) is 0.904. The van der Waals surface area contributed by atoms with Crippen molar-refractivity contribution in [2.24, 2.45) is 5.73 Å². The molecule has 0 saturated carbocycles. The molecule has 20 heavy (non-hydrogen) atoms. The molecule has 0 aliphatic carbocycles. The zero-order chi connectivity index (χ0) is 14.6. The van der Waals surface area contributed by atoms with Crippen molar-refractivity contribution in [3.63, 3.8) is 0 Å². The molecule has 2 rings (SSSR count). The third kappa shape index (κ3) is 3.27. The van der Waals surface area contributed by atoms with Crippen molar-refractivity contribution in [1.29, 1.82) is 0 Å². The average molecular weight is 281 g/mol. The highest BCUT2D eigenvalue weighted by atomic mass is 19.4. The van der Waals surface area contributed by atoms with E-state index in [0.29, 0.717) is 0 Å². The third-order valence-electron chi connectivity index (χ3n) is 2.86. The third-order valence-corrected chi connectivity index (χ3v) is 2.86. The first-order chi connectivity index (χ1) is 9.52. The monoisotopic (exact) mass is 281 g/mol. The lowest BCUT2D eigenvalue weighted by atomic mass is 10.1. The number of rotatable bonds is 4. The van der Waals surface area contributed by atoms with E-state index >= 15 is 0 Å². The number of benzene rings is 1. The minimum absolute atomic E-state index is 0.165. The molecule has 0 spiro atoms. The van der Waals surface area contributed by atoms with E-state index in [1.165, 1.54) is 12.3 Å². The van der Waals surface area contributed by atoms with Crippen LogP contribution in [0.3, 0.4) is 0 Å². The molecule has 0 saturated heterocycles. The summed E-state index contributed by atoms with van der Waals surface area (Å²) >= 11 is 0. The predicted molar refractivity (Wildman–Crippen MR) is 71.1 cm³/mol. The average Bonchev–Trinajstić information content (AvgIpc) is 2.45. The highest BCUT2D eigenvalue weighted by molar-refractivity contribution is 5.47. The summed E-state index contributed by atoms with van der Waals surface area (Å²) in [5.41, 5.74) is 5.66. The van der Waals surface area contributed by atoms with Gasteiger partial charge >= 0.3 is 6.18 Å². The second kappa shape index (κ2) is 5.92. The molecule has 1 heterocycles. The van der Waals surface area contributed by atoms with E-state index in [1.807, 2.05) is 18.2 Å². The first kappa shape index (κ1) is 14.3. The fourth-order valence-corrected chi connectivity index (χ4v) is 1.88. The van der Waals surface area contributed by atoms with Crippen LogP contribution in [0.1, 0.15) is 17.2 Å². The van der Waals surface area contributed by atoms with Gasteiger partial charge in [-0.25, -0.2) is 4.98 Å². The summed E-state index contributed by atoms with van der Waals surface area (Å²) in [4.78, 5) is 3.77. The van der Waals surface area contributed by atoms with Crippen LogP contribution in [0.5, 0.6) is 0 Å². The molecule has 6 heteroatoms. The Bertz CT molecular complexity index is 555. The summed E-state index contributed by atoms with van der Waals surface area (Å²) < 4.78 is 38.7. The zero-order valence-electron chi connectivity index (χ0n) is 10.6. The lowest BCUT2D eigenvalue weighted by molar-refractivity contribution is -0.137. The number of alkyl halides is 3. The Kier molecular flexibility index (Phi) is 4.24. The molecule has 0 bridgehead atoms. The summed E-state index contributed by atoms with van der Waals surface area (Å²) in [6.45, 7) is 0.165. The van der Waals surface area contributed by atoms with Gasteiger partial charge in [-0.05, 0) is 17.7 Å². The molecule has 2 aromatic rings. The van der Waals surface area contributed by atoms with Gasteiger partial charge in [-0.2, -0.15) is 13.2 Å². The van der Waals surface area contributed by atoms with E-state index < -0.39 is 17.8 Å². The van der Waals surface area contributed by atoms with Gasteiger partial charge in [0.25, 0.3) is 0 Å². The first-order valence-corrected chi connectivity index (χ1v) is 6.06. The van der Waals surface area contributed by atoms with E-state index in [-0.39, 0.29) is 12.4 Å². The van der Waals surface area contributed by atoms with Crippen LogP contribution in [0, 0.1) is 0 Å². The molecule has 1 unspecified atom stereocenters. The Hall–Kier alpha value is -2.08. The molecule has 1 aromatic carbocycles. The van der Waals surface area contributed by atoms with Crippen LogP contribution in [0.4, 0.5) is 19.0 Å². The van der Waals surface area contributed by atoms with Crippen molar-refractivity contribution in [2.75, 3.05) is 11.9 Å². The van der Waals surface area contributed by atoms with E-state index in [2.05, 4.69) is 10.3 Å². The second-order valence-electron chi connectivity index (χ2n) is 4.24. The van der Waals surface area contributed by atoms with Gasteiger partial charge < -0.3 is 11.1 Å². The molecule has 106 valence electrons. The Morgan fingerprint density at radius 3 is 2.40 bits per heavy atom. The minimum atomic E-state index is -4.45. The van der Waals surface area contributed by atoms with Crippen molar-refractivity contribution >= 4 is 5.82 Å². The number of nitrogens with one attached hydrogen (secondary N) is 1. The Balaban J connectivity index is 2.29. The maximum Gasteiger partial charge on any atom is 0.419 e. The van der Waals surface area contributed by atoms with Gasteiger partial charge in [-0.3, -0.25) is 0 Å². The number of pyridine rings is 1. The normalized spacial score (nSPS) is 13.0. The number of anilines is 1. The first-order valence-electron chi connectivity index (χ1n) is 6.06. The summed E-state index contributed by atoms with van der Waals surface area (Å²) in [5, 5.41) is 2.76. The Morgan fingerprint density at radius 1 is 1.10 bits per heavy atom. The van der Waals surface area contributed by atoms with Gasteiger partial charge in [0.1, 0.15) is 5.82 Å². The minimum Gasteiger partial charge on any atom is -0.361 e. The predicted octanol–water partition coefficient (Wildman–Crippen LogP) is 3.21. The standard InChI is InChI=1S/C14H14F3N3/c15-14(16,17)11-7-4-8-19-13(11)20-12(9-18)10-5-2-1-3-6-10/h1-8,12H,9,18H2,(H,19,20).